The van der Waals surface area contributed by atoms with Crippen molar-refractivity contribution in [1.29, 1.82) is 0 Å². The molecule has 1 N–H and O–H groups in total. The van der Waals surface area contributed by atoms with Crippen LogP contribution in [-0.2, 0) is 6.54 Å². The first-order valence-corrected chi connectivity index (χ1v) is 7.42. The Labute approximate surface area is 120 Å². The SMILES string of the molecule is CCC(O)c1cnn(Cc2ccn(C(CC)CC)n2)c1. The van der Waals surface area contributed by atoms with Crippen molar-refractivity contribution in [1.82, 2.24) is 19.6 Å². The Hall–Kier alpha value is -1.62. The first-order valence-electron chi connectivity index (χ1n) is 7.42. The number of aromatic nitrogens is 4. The normalized spacial score (nSPS) is 13.1. The van der Waals surface area contributed by atoms with Crippen LogP contribution in [0.2, 0.25) is 0 Å². The highest BCUT2D eigenvalue weighted by molar-refractivity contribution is 5.09. The Morgan fingerprint density at radius 2 is 1.95 bits per heavy atom. The van der Waals surface area contributed by atoms with Crippen LogP contribution in [0.3, 0.4) is 0 Å². The molecule has 1 unspecified atom stereocenters. The van der Waals surface area contributed by atoms with E-state index in [0.29, 0.717) is 19.0 Å². The molecule has 1 atom stereocenters. The smallest absolute Gasteiger partial charge is 0.0849 e. The molecule has 0 amide bonds. The van der Waals surface area contributed by atoms with Crippen molar-refractivity contribution in [3.63, 3.8) is 0 Å². The van der Waals surface area contributed by atoms with Crippen LogP contribution in [0.4, 0.5) is 0 Å². The Balaban J connectivity index is 2.05. The molecule has 0 aliphatic rings. The molecule has 0 bridgehead atoms. The molecule has 5 nitrogen and oxygen atoms in total. The largest absolute Gasteiger partial charge is 0.388 e. The first kappa shape index (κ1) is 14.8. The van der Waals surface area contributed by atoms with E-state index in [9.17, 15) is 5.11 Å². The zero-order valence-corrected chi connectivity index (χ0v) is 12.5. The van der Waals surface area contributed by atoms with Gasteiger partial charge in [-0.1, -0.05) is 20.8 Å². The Bertz CT molecular complexity index is 527. The molecule has 0 fully saturated rings. The number of hydrogen-bond donors (Lipinski definition) is 1. The molecule has 2 rings (SSSR count). The van der Waals surface area contributed by atoms with E-state index in [1.54, 1.807) is 6.20 Å². The highest BCUT2D eigenvalue weighted by Gasteiger charge is 2.10. The van der Waals surface area contributed by atoms with Crippen molar-refractivity contribution in [3.8, 4) is 0 Å². The number of aliphatic hydroxyl groups is 1. The lowest BCUT2D eigenvalue weighted by Gasteiger charge is -2.12. The second-order valence-electron chi connectivity index (χ2n) is 5.15. The van der Waals surface area contributed by atoms with Gasteiger partial charge in [0, 0.05) is 18.0 Å². The number of aliphatic hydroxyl groups excluding tert-OH is 1. The Morgan fingerprint density at radius 3 is 2.60 bits per heavy atom. The van der Waals surface area contributed by atoms with E-state index in [2.05, 4.69) is 24.0 Å². The lowest BCUT2D eigenvalue weighted by atomic mass is 10.2. The van der Waals surface area contributed by atoms with Crippen LogP contribution in [0.5, 0.6) is 0 Å². The summed E-state index contributed by atoms with van der Waals surface area (Å²) >= 11 is 0. The summed E-state index contributed by atoms with van der Waals surface area (Å²) in [5.41, 5.74) is 1.87. The lowest BCUT2D eigenvalue weighted by Crippen LogP contribution is -2.09. The first-order chi connectivity index (χ1) is 9.67. The number of rotatable bonds is 7. The number of nitrogens with zero attached hydrogens (tertiary/aromatic N) is 4. The molecule has 0 spiro atoms. The topological polar surface area (TPSA) is 55.9 Å². The minimum absolute atomic E-state index is 0.425. The second-order valence-corrected chi connectivity index (χ2v) is 5.15. The zero-order chi connectivity index (χ0) is 14.5. The summed E-state index contributed by atoms with van der Waals surface area (Å²) in [6.45, 7) is 6.96. The van der Waals surface area contributed by atoms with Crippen LogP contribution in [0, 0.1) is 0 Å². The van der Waals surface area contributed by atoms with Crippen molar-refractivity contribution in [3.05, 3.63) is 35.9 Å². The van der Waals surface area contributed by atoms with E-state index in [1.807, 2.05) is 34.7 Å². The predicted molar refractivity (Wildman–Crippen MR) is 78.4 cm³/mol. The van der Waals surface area contributed by atoms with Gasteiger partial charge in [0.15, 0.2) is 0 Å². The quantitative estimate of drug-likeness (QED) is 0.846. The van der Waals surface area contributed by atoms with Crippen LogP contribution in [0.15, 0.2) is 24.7 Å². The molecule has 20 heavy (non-hydrogen) atoms. The third-order valence-corrected chi connectivity index (χ3v) is 3.73. The fourth-order valence-corrected chi connectivity index (χ4v) is 2.37. The third kappa shape index (κ3) is 3.28. The van der Waals surface area contributed by atoms with Gasteiger partial charge in [-0.2, -0.15) is 10.2 Å². The summed E-state index contributed by atoms with van der Waals surface area (Å²) in [7, 11) is 0. The molecule has 2 aromatic heterocycles. The van der Waals surface area contributed by atoms with E-state index in [0.717, 1.165) is 24.1 Å². The molecule has 110 valence electrons. The average Bonchev–Trinajstić information content (AvgIpc) is 3.10. The molecule has 0 saturated heterocycles. The molecule has 0 aromatic carbocycles. The lowest BCUT2D eigenvalue weighted by molar-refractivity contribution is 0.173. The molecule has 0 saturated carbocycles. The minimum Gasteiger partial charge on any atom is -0.388 e. The van der Waals surface area contributed by atoms with Crippen molar-refractivity contribution >= 4 is 0 Å². The molecule has 2 aromatic rings. The van der Waals surface area contributed by atoms with Crippen LogP contribution in [-0.4, -0.2) is 24.7 Å². The Morgan fingerprint density at radius 1 is 1.20 bits per heavy atom. The average molecular weight is 276 g/mol. The molecular weight excluding hydrogens is 252 g/mol. The maximum Gasteiger partial charge on any atom is 0.0849 e. The molecule has 0 radical (unpaired) electrons. The number of hydrogen-bond acceptors (Lipinski definition) is 3. The van der Waals surface area contributed by atoms with Crippen LogP contribution >= 0.6 is 0 Å². The van der Waals surface area contributed by atoms with E-state index >= 15 is 0 Å². The van der Waals surface area contributed by atoms with Crippen LogP contribution in [0.25, 0.3) is 0 Å². The van der Waals surface area contributed by atoms with Gasteiger partial charge in [0.05, 0.1) is 30.6 Å². The highest BCUT2D eigenvalue weighted by Crippen LogP contribution is 2.16. The van der Waals surface area contributed by atoms with Crippen molar-refractivity contribution in [2.24, 2.45) is 0 Å². The van der Waals surface area contributed by atoms with E-state index in [-0.39, 0.29) is 0 Å². The van der Waals surface area contributed by atoms with Gasteiger partial charge in [0.1, 0.15) is 0 Å². The van der Waals surface area contributed by atoms with Crippen LogP contribution < -0.4 is 0 Å². The standard InChI is InChI=1S/C15H24N4O/c1-4-14(5-2)19-8-7-13(17-19)11-18-10-12(9-16-18)15(20)6-3/h7-10,14-15,20H,4-6,11H2,1-3H3. The summed E-state index contributed by atoms with van der Waals surface area (Å²) in [6, 6.07) is 2.51. The summed E-state index contributed by atoms with van der Waals surface area (Å²) < 4.78 is 3.87. The molecule has 2 heterocycles. The van der Waals surface area contributed by atoms with Crippen molar-refractivity contribution in [2.75, 3.05) is 0 Å². The molecule has 0 aliphatic carbocycles. The zero-order valence-electron chi connectivity index (χ0n) is 12.5. The summed E-state index contributed by atoms with van der Waals surface area (Å²) in [6.07, 6.45) is 8.12. The maximum absolute atomic E-state index is 9.78. The molecule has 5 heteroatoms. The summed E-state index contributed by atoms with van der Waals surface area (Å²) in [5.74, 6) is 0. The van der Waals surface area contributed by atoms with Gasteiger partial charge in [-0.15, -0.1) is 0 Å². The second kappa shape index (κ2) is 6.70. The van der Waals surface area contributed by atoms with Crippen molar-refractivity contribution in [2.45, 2.75) is 58.7 Å². The predicted octanol–water partition coefficient (Wildman–Crippen LogP) is 2.93. The summed E-state index contributed by atoms with van der Waals surface area (Å²) in [5, 5.41) is 18.7. The van der Waals surface area contributed by atoms with Gasteiger partial charge in [0.25, 0.3) is 0 Å². The van der Waals surface area contributed by atoms with Gasteiger partial charge in [-0.25, -0.2) is 0 Å². The minimum atomic E-state index is -0.425. The molecule has 0 aliphatic heterocycles. The van der Waals surface area contributed by atoms with Gasteiger partial charge in [0.2, 0.25) is 0 Å². The van der Waals surface area contributed by atoms with E-state index in [4.69, 9.17) is 0 Å². The van der Waals surface area contributed by atoms with Crippen molar-refractivity contribution < 1.29 is 5.11 Å². The van der Waals surface area contributed by atoms with Crippen LogP contribution in [0.1, 0.15) is 63.4 Å². The van der Waals surface area contributed by atoms with Gasteiger partial charge in [-0.05, 0) is 25.3 Å². The monoisotopic (exact) mass is 276 g/mol. The fraction of sp³-hybridized carbons (Fsp3) is 0.600. The maximum atomic E-state index is 9.78. The molecular formula is C15H24N4O. The summed E-state index contributed by atoms with van der Waals surface area (Å²) in [4.78, 5) is 0. The highest BCUT2D eigenvalue weighted by atomic mass is 16.3. The Kier molecular flexibility index (Phi) is 4.95. The third-order valence-electron chi connectivity index (χ3n) is 3.73. The van der Waals surface area contributed by atoms with E-state index < -0.39 is 6.10 Å². The van der Waals surface area contributed by atoms with E-state index in [1.165, 1.54) is 0 Å². The fourth-order valence-electron chi connectivity index (χ4n) is 2.37. The van der Waals surface area contributed by atoms with Gasteiger partial charge < -0.3 is 5.11 Å². The van der Waals surface area contributed by atoms with Gasteiger partial charge in [-0.3, -0.25) is 9.36 Å². The van der Waals surface area contributed by atoms with Gasteiger partial charge >= 0.3 is 0 Å².